The third-order valence-corrected chi connectivity index (χ3v) is 4.08. The molecule has 1 heterocycles. The normalized spacial score (nSPS) is 24.7. The van der Waals surface area contributed by atoms with E-state index in [1.54, 1.807) is 0 Å². The highest BCUT2D eigenvalue weighted by atomic mass is 35.5. The van der Waals surface area contributed by atoms with Gasteiger partial charge in [0.05, 0.1) is 6.54 Å². The van der Waals surface area contributed by atoms with Crippen molar-refractivity contribution in [3.63, 3.8) is 0 Å². The number of hydrogen-bond acceptors (Lipinski definition) is 3. The van der Waals surface area contributed by atoms with E-state index in [-0.39, 0.29) is 23.9 Å². The van der Waals surface area contributed by atoms with E-state index in [1.807, 2.05) is 0 Å². The van der Waals surface area contributed by atoms with Crippen LogP contribution in [0.3, 0.4) is 0 Å². The molecular weight excluding hydrogens is 262 g/mol. The van der Waals surface area contributed by atoms with E-state index in [9.17, 15) is 4.79 Å². The molecule has 0 aromatic heterocycles. The van der Waals surface area contributed by atoms with Crippen LogP contribution in [0, 0.1) is 5.92 Å². The molecule has 0 saturated carbocycles. The number of amides is 1. The van der Waals surface area contributed by atoms with Gasteiger partial charge < -0.3 is 11.1 Å². The summed E-state index contributed by atoms with van der Waals surface area (Å²) in [6.07, 6.45) is 3.22. The highest BCUT2D eigenvalue weighted by Gasteiger charge is 2.27. The van der Waals surface area contributed by atoms with Gasteiger partial charge in [-0.05, 0) is 45.6 Å². The number of nitrogens with one attached hydrogen (secondary N) is 1. The number of hydrogen-bond donors (Lipinski definition) is 2. The maximum atomic E-state index is 12.0. The molecule has 3 N–H and O–H groups in total. The van der Waals surface area contributed by atoms with Gasteiger partial charge in [0, 0.05) is 18.1 Å². The smallest absolute Gasteiger partial charge is 0.234 e. The molecule has 2 unspecified atom stereocenters. The number of likely N-dealkylation sites (tertiary alicyclic amines) is 1. The minimum absolute atomic E-state index is 0. The summed E-state index contributed by atoms with van der Waals surface area (Å²) in [5.41, 5.74) is 5.70. The quantitative estimate of drug-likeness (QED) is 0.812. The zero-order chi connectivity index (χ0) is 13.8. The molecule has 5 heteroatoms. The average Bonchev–Trinajstić information content (AvgIpc) is 2.30. The molecule has 0 spiro atoms. The van der Waals surface area contributed by atoms with E-state index < -0.39 is 0 Å². The molecule has 0 bridgehead atoms. The average molecular weight is 292 g/mol. The fraction of sp³-hybridized carbons (Fsp3) is 0.929. The third kappa shape index (κ3) is 6.11. The number of carbonyl (C=O) groups is 1. The largest absolute Gasteiger partial charge is 0.350 e. The molecule has 1 saturated heterocycles. The van der Waals surface area contributed by atoms with Gasteiger partial charge in [0.25, 0.3) is 0 Å². The predicted molar refractivity (Wildman–Crippen MR) is 82.6 cm³/mol. The predicted octanol–water partition coefficient (Wildman–Crippen LogP) is 1.77. The van der Waals surface area contributed by atoms with Gasteiger partial charge in [-0.25, -0.2) is 0 Å². The minimum Gasteiger partial charge on any atom is -0.350 e. The Labute approximate surface area is 123 Å². The maximum Gasteiger partial charge on any atom is 0.234 e. The summed E-state index contributed by atoms with van der Waals surface area (Å²) >= 11 is 0. The number of nitrogens with two attached hydrogens (primary N) is 1. The molecule has 0 aromatic rings. The van der Waals surface area contributed by atoms with E-state index in [4.69, 9.17) is 5.73 Å². The number of piperidine rings is 1. The Hall–Kier alpha value is -0.320. The lowest BCUT2D eigenvalue weighted by molar-refractivity contribution is -0.124. The standard InChI is InChI=1S/C14H29N3O.ClH/c1-5-14(3,4)16-13(18)10-17-7-6-11(2)8-12(17)9-15;/h11-12H,5-10,15H2,1-4H3,(H,16,18);1H. The Balaban J connectivity index is 0.00000324. The summed E-state index contributed by atoms with van der Waals surface area (Å²) in [6, 6.07) is 0.365. The van der Waals surface area contributed by atoms with Gasteiger partial charge in [-0.3, -0.25) is 9.69 Å². The molecule has 4 nitrogen and oxygen atoms in total. The van der Waals surface area contributed by atoms with E-state index in [0.717, 1.165) is 25.3 Å². The van der Waals surface area contributed by atoms with Gasteiger partial charge in [-0.15, -0.1) is 12.4 Å². The molecule has 0 aromatic carbocycles. The SMILES string of the molecule is CCC(C)(C)NC(=O)CN1CCC(C)CC1CN.Cl. The highest BCUT2D eigenvalue weighted by molar-refractivity contribution is 5.85. The van der Waals surface area contributed by atoms with Crippen LogP contribution in [0.1, 0.15) is 47.0 Å². The summed E-state index contributed by atoms with van der Waals surface area (Å²) in [4.78, 5) is 14.3. The lowest BCUT2D eigenvalue weighted by Gasteiger charge is -2.38. The van der Waals surface area contributed by atoms with Crippen molar-refractivity contribution >= 4 is 18.3 Å². The number of rotatable bonds is 5. The first kappa shape index (κ1) is 18.7. The van der Waals surface area contributed by atoms with Crippen LogP contribution in [-0.2, 0) is 4.79 Å². The van der Waals surface area contributed by atoms with Crippen LogP contribution in [0.15, 0.2) is 0 Å². The highest BCUT2D eigenvalue weighted by Crippen LogP contribution is 2.21. The van der Waals surface area contributed by atoms with Crippen molar-refractivity contribution in [3.8, 4) is 0 Å². The van der Waals surface area contributed by atoms with Gasteiger partial charge >= 0.3 is 0 Å². The summed E-state index contributed by atoms with van der Waals surface area (Å²) < 4.78 is 0. The molecule has 114 valence electrons. The third-order valence-electron chi connectivity index (χ3n) is 4.08. The Morgan fingerprint density at radius 1 is 1.47 bits per heavy atom. The van der Waals surface area contributed by atoms with Crippen molar-refractivity contribution in [1.82, 2.24) is 10.2 Å². The molecule has 1 fully saturated rings. The van der Waals surface area contributed by atoms with E-state index in [0.29, 0.717) is 19.1 Å². The molecule has 1 amide bonds. The van der Waals surface area contributed by atoms with Crippen LogP contribution in [0.4, 0.5) is 0 Å². The van der Waals surface area contributed by atoms with E-state index in [1.165, 1.54) is 6.42 Å². The van der Waals surface area contributed by atoms with Crippen LogP contribution >= 0.6 is 12.4 Å². The Morgan fingerprint density at radius 2 is 2.11 bits per heavy atom. The molecule has 0 aliphatic carbocycles. The molecule has 0 radical (unpaired) electrons. The fourth-order valence-corrected chi connectivity index (χ4v) is 2.44. The minimum atomic E-state index is -0.113. The molecule has 1 aliphatic heterocycles. The topological polar surface area (TPSA) is 58.4 Å². The number of halogens is 1. The molecule has 2 atom stereocenters. The van der Waals surface area contributed by atoms with Crippen molar-refractivity contribution in [1.29, 1.82) is 0 Å². The Kier molecular flexibility index (Phi) is 7.94. The van der Waals surface area contributed by atoms with Gasteiger partial charge in [0.1, 0.15) is 0 Å². The maximum absolute atomic E-state index is 12.0. The van der Waals surface area contributed by atoms with Crippen LogP contribution in [0.5, 0.6) is 0 Å². The monoisotopic (exact) mass is 291 g/mol. The first-order valence-corrected chi connectivity index (χ1v) is 7.13. The number of carbonyl (C=O) groups excluding carboxylic acids is 1. The van der Waals surface area contributed by atoms with E-state index in [2.05, 4.69) is 37.9 Å². The second-order valence-electron chi connectivity index (χ2n) is 6.28. The van der Waals surface area contributed by atoms with E-state index >= 15 is 0 Å². The molecule has 1 aliphatic rings. The van der Waals surface area contributed by atoms with Crippen molar-refractivity contribution in [2.75, 3.05) is 19.6 Å². The second kappa shape index (κ2) is 8.08. The lowest BCUT2D eigenvalue weighted by Crippen LogP contribution is -2.53. The van der Waals surface area contributed by atoms with Crippen molar-refractivity contribution in [2.45, 2.75) is 58.5 Å². The zero-order valence-corrected chi connectivity index (χ0v) is 13.6. The van der Waals surface area contributed by atoms with Crippen LogP contribution in [0.25, 0.3) is 0 Å². The molecular formula is C14H30ClN3O. The Morgan fingerprint density at radius 3 is 2.63 bits per heavy atom. The summed E-state index contributed by atoms with van der Waals surface area (Å²) in [5.74, 6) is 0.847. The Bertz CT molecular complexity index is 284. The van der Waals surface area contributed by atoms with Crippen molar-refractivity contribution in [3.05, 3.63) is 0 Å². The molecule has 1 rings (SSSR count). The summed E-state index contributed by atoms with van der Waals surface area (Å²) in [5, 5.41) is 3.09. The number of nitrogens with zero attached hydrogens (tertiary/aromatic N) is 1. The van der Waals surface area contributed by atoms with Gasteiger partial charge in [-0.2, -0.15) is 0 Å². The summed E-state index contributed by atoms with van der Waals surface area (Å²) in [7, 11) is 0. The lowest BCUT2D eigenvalue weighted by atomic mass is 9.92. The van der Waals surface area contributed by atoms with Crippen LogP contribution in [-0.4, -0.2) is 42.0 Å². The summed E-state index contributed by atoms with van der Waals surface area (Å²) in [6.45, 7) is 10.6. The first-order chi connectivity index (χ1) is 8.38. The second-order valence-corrected chi connectivity index (χ2v) is 6.28. The van der Waals surface area contributed by atoms with Crippen LogP contribution in [0.2, 0.25) is 0 Å². The zero-order valence-electron chi connectivity index (χ0n) is 12.7. The van der Waals surface area contributed by atoms with Gasteiger partial charge in [-0.1, -0.05) is 13.8 Å². The van der Waals surface area contributed by atoms with Crippen LogP contribution < -0.4 is 11.1 Å². The van der Waals surface area contributed by atoms with Crippen molar-refractivity contribution < 1.29 is 4.79 Å². The van der Waals surface area contributed by atoms with Gasteiger partial charge in [0.2, 0.25) is 5.91 Å². The fourth-order valence-electron chi connectivity index (χ4n) is 2.44. The van der Waals surface area contributed by atoms with Crippen molar-refractivity contribution in [2.24, 2.45) is 11.7 Å². The van der Waals surface area contributed by atoms with Gasteiger partial charge in [0.15, 0.2) is 0 Å². The first-order valence-electron chi connectivity index (χ1n) is 7.13. The molecule has 19 heavy (non-hydrogen) atoms.